The molecule has 8 heteroatoms. The summed E-state index contributed by atoms with van der Waals surface area (Å²) in [7, 11) is 0. The van der Waals surface area contributed by atoms with Gasteiger partial charge in [-0.1, -0.05) is 13.8 Å². The van der Waals surface area contributed by atoms with E-state index >= 15 is 0 Å². The van der Waals surface area contributed by atoms with Crippen LogP contribution in [0.15, 0.2) is 12.3 Å². The Morgan fingerprint density at radius 2 is 2.25 bits per heavy atom. The van der Waals surface area contributed by atoms with Crippen molar-refractivity contribution in [1.82, 2.24) is 15.0 Å². The third-order valence-corrected chi connectivity index (χ3v) is 2.43. The number of primary amides is 1. The van der Waals surface area contributed by atoms with Crippen LogP contribution in [-0.4, -0.2) is 40.6 Å². The summed E-state index contributed by atoms with van der Waals surface area (Å²) in [4.78, 5) is 19.5. The summed E-state index contributed by atoms with van der Waals surface area (Å²) in [5.74, 6) is 0.737. The molecule has 0 bridgehead atoms. The molecule has 0 aliphatic rings. The molecule has 4 N–H and O–H groups in total. The predicted octanol–water partition coefficient (Wildman–Crippen LogP) is 0.0651. The third kappa shape index (κ3) is 4.07. The van der Waals surface area contributed by atoms with Crippen LogP contribution < -0.4 is 16.5 Å². The number of hydrogen-bond donors (Lipinski definition) is 2. The molecular formula is C12H19N7O. The molecule has 0 spiro atoms. The molecule has 0 atom stereocenters. The Bertz CT molecular complexity index is 497. The first-order chi connectivity index (χ1) is 9.49. The van der Waals surface area contributed by atoms with Gasteiger partial charge in [0.15, 0.2) is 5.82 Å². The van der Waals surface area contributed by atoms with E-state index in [1.54, 1.807) is 11.1 Å². The fraction of sp³-hybridized carbons (Fsp3) is 0.500. The Morgan fingerprint density at radius 3 is 2.75 bits per heavy atom. The lowest BCUT2D eigenvalue weighted by molar-refractivity contribution is 0.200. The number of nitrogens with zero attached hydrogens (tertiary/aromatic N) is 5. The number of carbonyl (C=O) groups excluding carboxylic acids is 1. The van der Waals surface area contributed by atoms with E-state index < -0.39 is 6.03 Å². The van der Waals surface area contributed by atoms with Crippen LogP contribution in [0, 0.1) is 17.2 Å². The van der Waals surface area contributed by atoms with E-state index in [1.165, 1.54) is 11.2 Å². The van der Waals surface area contributed by atoms with Crippen molar-refractivity contribution in [3.8, 4) is 6.07 Å². The van der Waals surface area contributed by atoms with Gasteiger partial charge >= 0.3 is 6.03 Å². The highest BCUT2D eigenvalue weighted by Gasteiger charge is 2.21. The number of nitrogens with two attached hydrogens (primary N) is 2. The molecular weight excluding hydrogens is 258 g/mol. The van der Waals surface area contributed by atoms with Gasteiger partial charge in [-0.25, -0.2) is 14.8 Å². The maximum atomic E-state index is 11.6. The molecule has 108 valence electrons. The average Bonchev–Trinajstić information content (AvgIpc) is 2.42. The highest BCUT2D eigenvalue weighted by molar-refractivity contribution is 5.74. The zero-order valence-electron chi connectivity index (χ0n) is 11.7. The second kappa shape index (κ2) is 7.25. The first kappa shape index (κ1) is 15.7. The molecule has 1 heterocycles. The minimum atomic E-state index is -0.617. The number of carbonyl (C=O) groups is 1. The number of hydrogen-bond acceptors (Lipinski definition) is 6. The Balaban J connectivity index is 3.15. The summed E-state index contributed by atoms with van der Waals surface area (Å²) in [5.41, 5.74) is 10.9. The van der Waals surface area contributed by atoms with Gasteiger partial charge in [-0.05, 0) is 5.92 Å². The van der Waals surface area contributed by atoms with E-state index in [0.717, 1.165) is 0 Å². The minimum absolute atomic E-state index is 0.0356. The smallest absolute Gasteiger partial charge is 0.333 e. The van der Waals surface area contributed by atoms with Gasteiger partial charge < -0.3 is 11.5 Å². The fourth-order valence-electron chi connectivity index (χ4n) is 1.68. The first-order valence-corrected chi connectivity index (χ1v) is 6.27. The van der Waals surface area contributed by atoms with Crippen molar-refractivity contribution in [3.63, 3.8) is 0 Å². The topological polar surface area (TPSA) is 125 Å². The molecule has 0 unspecified atom stereocenters. The van der Waals surface area contributed by atoms with E-state index in [0.29, 0.717) is 12.4 Å². The molecule has 0 aromatic carbocycles. The lowest BCUT2D eigenvalue weighted by Crippen LogP contribution is -2.53. The summed E-state index contributed by atoms with van der Waals surface area (Å²) in [6, 6.07) is 2.87. The van der Waals surface area contributed by atoms with Crippen molar-refractivity contribution in [2.45, 2.75) is 13.8 Å². The Labute approximate surface area is 118 Å². The van der Waals surface area contributed by atoms with E-state index in [1.807, 2.05) is 19.9 Å². The van der Waals surface area contributed by atoms with Gasteiger partial charge in [-0.15, -0.1) is 0 Å². The molecule has 8 nitrogen and oxygen atoms in total. The van der Waals surface area contributed by atoms with Crippen LogP contribution in [0.3, 0.4) is 0 Å². The Morgan fingerprint density at radius 1 is 1.55 bits per heavy atom. The summed E-state index contributed by atoms with van der Waals surface area (Å²) < 4.78 is 0. The van der Waals surface area contributed by atoms with Gasteiger partial charge in [0, 0.05) is 25.4 Å². The summed E-state index contributed by atoms with van der Waals surface area (Å²) in [5, 5.41) is 11.8. The normalized spacial score (nSPS) is 10.2. The van der Waals surface area contributed by atoms with Crippen molar-refractivity contribution in [1.29, 1.82) is 5.26 Å². The van der Waals surface area contributed by atoms with E-state index in [4.69, 9.17) is 16.7 Å². The van der Waals surface area contributed by atoms with Gasteiger partial charge in [-0.3, -0.25) is 5.01 Å². The predicted molar refractivity (Wildman–Crippen MR) is 74.3 cm³/mol. The van der Waals surface area contributed by atoms with Gasteiger partial charge in [0.1, 0.15) is 6.07 Å². The molecule has 0 aliphatic carbocycles. The van der Waals surface area contributed by atoms with Crippen molar-refractivity contribution in [2.75, 3.05) is 24.6 Å². The number of amides is 2. The van der Waals surface area contributed by atoms with E-state index in [-0.39, 0.29) is 24.8 Å². The lowest BCUT2D eigenvalue weighted by Gasteiger charge is -2.35. The standard InChI is InChI=1S/C12H19N7O/c1-9(2)8-19(18(6-4-13)12(15)20)11-3-5-16-10(7-14)17-11/h3,5,9H,4,6,8,13H2,1-2H3,(H2,15,20). The van der Waals surface area contributed by atoms with Crippen molar-refractivity contribution < 1.29 is 4.79 Å². The molecule has 1 aromatic heterocycles. The average molecular weight is 277 g/mol. The maximum absolute atomic E-state index is 11.6. The molecule has 0 saturated heterocycles. The van der Waals surface area contributed by atoms with E-state index in [9.17, 15) is 4.79 Å². The molecule has 2 amide bonds. The zero-order chi connectivity index (χ0) is 15.1. The quantitative estimate of drug-likeness (QED) is 0.708. The van der Waals surface area contributed by atoms with Crippen LogP contribution in [-0.2, 0) is 0 Å². The van der Waals surface area contributed by atoms with Gasteiger partial charge in [0.25, 0.3) is 0 Å². The Hall–Kier alpha value is -2.40. The third-order valence-electron chi connectivity index (χ3n) is 2.43. The molecule has 1 aromatic rings. The summed E-state index contributed by atoms with van der Waals surface area (Å²) in [6.07, 6.45) is 1.47. The molecule has 20 heavy (non-hydrogen) atoms. The Kier molecular flexibility index (Phi) is 5.68. The highest BCUT2D eigenvalue weighted by atomic mass is 16.2. The largest absolute Gasteiger partial charge is 0.350 e. The molecule has 0 radical (unpaired) electrons. The minimum Gasteiger partial charge on any atom is -0.350 e. The fourth-order valence-corrected chi connectivity index (χ4v) is 1.68. The van der Waals surface area contributed by atoms with Gasteiger partial charge in [0.2, 0.25) is 5.82 Å². The SMILES string of the molecule is CC(C)CN(c1ccnc(C#N)n1)N(CCN)C(N)=O. The van der Waals surface area contributed by atoms with Crippen molar-refractivity contribution in [3.05, 3.63) is 18.1 Å². The number of aromatic nitrogens is 2. The van der Waals surface area contributed by atoms with Gasteiger partial charge in [-0.2, -0.15) is 10.2 Å². The number of hydrazine groups is 1. The second-order valence-corrected chi connectivity index (χ2v) is 4.58. The van der Waals surface area contributed by atoms with E-state index in [2.05, 4.69) is 9.97 Å². The van der Waals surface area contributed by atoms with Crippen molar-refractivity contribution >= 4 is 11.8 Å². The number of nitriles is 1. The number of rotatable bonds is 6. The number of urea groups is 1. The summed E-state index contributed by atoms with van der Waals surface area (Å²) in [6.45, 7) is 5.06. The molecule has 1 rings (SSSR count). The zero-order valence-corrected chi connectivity index (χ0v) is 11.7. The van der Waals surface area contributed by atoms with Gasteiger partial charge in [0.05, 0.1) is 6.54 Å². The highest BCUT2D eigenvalue weighted by Crippen LogP contribution is 2.15. The number of anilines is 1. The first-order valence-electron chi connectivity index (χ1n) is 6.27. The van der Waals surface area contributed by atoms with Crippen LogP contribution in [0.1, 0.15) is 19.7 Å². The molecule has 0 aliphatic heterocycles. The van der Waals surface area contributed by atoms with Crippen molar-refractivity contribution in [2.24, 2.45) is 17.4 Å². The van der Waals surface area contributed by atoms with Crippen LogP contribution in [0.4, 0.5) is 10.6 Å². The maximum Gasteiger partial charge on any atom is 0.333 e. The van der Waals surface area contributed by atoms with Crippen LogP contribution >= 0.6 is 0 Å². The second-order valence-electron chi connectivity index (χ2n) is 4.58. The lowest BCUT2D eigenvalue weighted by atomic mass is 10.2. The van der Waals surface area contributed by atoms with Crippen LogP contribution in [0.5, 0.6) is 0 Å². The van der Waals surface area contributed by atoms with Crippen LogP contribution in [0.25, 0.3) is 0 Å². The molecule has 0 saturated carbocycles. The molecule has 0 fully saturated rings. The summed E-state index contributed by atoms with van der Waals surface area (Å²) >= 11 is 0. The monoisotopic (exact) mass is 277 g/mol. The van der Waals surface area contributed by atoms with Crippen LogP contribution in [0.2, 0.25) is 0 Å².